The summed E-state index contributed by atoms with van der Waals surface area (Å²) in [7, 11) is 0. The number of nitrogens with one attached hydrogen (secondary N) is 1. The molecule has 0 atom stereocenters. The van der Waals surface area contributed by atoms with Crippen LogP contribution >= 0.6 is 11.6 Å². The van der Waals surface area contributed by atoms with E-state index in [1.807, 2.05) is 56.3 Å². The molecule has 0 aliphatic carbocycles. The van der Waals surface area contributed by atoms with Gasteiger partial charge in [-0.2, -0.15) is 0 Å². The average Bonchev–Trinajstić information content (AvgIpc) is 2.98. The molecule has 3 rings (SSSR count). The maximum absolute atomic E-state index is 11.7. The number of imidazole rings is 1. The van der Waals surface area contributed by atoms with Crippen molar-refractivity contribution in [2.75, 3.05) is 6.54 Å². The number of amides is 1. The van der Waals surface area contributed by atoms with Gasteiger partial charge in [-0.15, -0.1) is 0 Å². The molecule has 0 aliphatic rings. The van der Waals surface area contributed by atoms with E-state index in [0.29, 0.717) is 13.1 Å². The average molecular weight is 370 g/mol. The fourth-order valence-corrected chi connectivity index (χ4v) is 3.15. The van der Waals surface area contributed by atoms with Gasteiger partial charge in [0.25, 0.3) is 0 Å². The Morgan fingerprint density at radius 2 is 1.88 bits per heavy atom. The number of aryl methyl sites for hydroxylation is 1. The predicted molar refractivity (Wildman–Crippen MR) is 106 cm³/mol. The minimum atomic E-state index is 0.0137. The van der Waals surface area contributed by atoms with Gasteiger partial charge in [-0.05, 0) is 30.2 Å². The molecule has 1 N–H and O–H groups in total. The van der Waals surface area contributed by atoms with E-state index in [4.69, 9.17) is 16.6 Å². The molecule has 3 aromatic rings. The van der Waals surface area contributed by atoms with Crippen molar-refractivity contribution in [3.8, 4) is 0 Å². The summed E-state index contributed by atoms with van der Waals surface area (Å²) in [6, 6.07) is 16.0. The largest absolute Gasteiger partial charge is 0.356 e. The zero-order valence-corrected chi connectivity index (χ0v) is 16.0. The van der Waals surface area contributed by atoms with Crippen molar-refractivity contribution in [1.82, 2.24) is 14.9 Å². The van der Waals surface area contributed by atoms with E-state index in [9.17, 15) is 4.79 Å². The summed E-state index contributed by atoms with van der Waals surface area (Å²) in [5.74, 6) is 1.12. The van der Waals surface area contributed by atoms with Gasteiger partial charge in [-0.3, -0.25) is 4.79 Å². The van der Waals surface area contributed by atoms with Gasteiger partial charge in [0.1, 0.15) is 5.82 Å². The van der Waals surface area contributed by atoms with E-state index in [1.165, 1.54) is 0 Å². The summed E-state index contributed by atoms with van der Waals surface area (Å²) >= 11 is 6.35. The van der Waals surface area contributed by atoms with Crippen molar-refractivity contribution in [1.29, 1.82) is 0 Å². The first-order valence-electron chi connectivity index (χ1n) is 9.01. The second-order valence-electron chi connectivity index (χ2n) is 6.74. The van der Waals surface area contributed by atoms with Gasteiger partial charge in [0.05, 0.1) is 17.6 Å². The van der Waals surface area contributed by atoms with Crippen LogP contribution in [0.5, 0.6) is 0 Å². The van der Waals surface area contributed by atoms with E-state index >= 15 is 0 Å². The number of rotatable bonds is 7. The summed E-state index contributed by atoms with van der Waals surface area (Å²) in [4.78, 5) is 16.5. The van der Waals surface area contributed by atoms with Gasteiger partial charge in [0, 0.05) is 23.9 Å². The fourth-order valence-electron chi connectivity index (χ4n) is 2.95. The van der Waals surface area contributed by atoms with Crippen LogP contribution in [0.1, 0.15) is 31.7 Å². The lowest BCUT2D eigenvalue weighted by Crippen LogP contribution is -2.28. The van der Waals surface area contributed by atoms with Crippen molar-refractivity contribution in [2.45, 2.75) is 33.2 Å². The van der Waals surface area contributed by atoms with E-state index in [0.717, 1.165) is 40.3 Å². The second-order valence-corrected chi connectivity index (χ2v) is 7.15. The lowest BCUT2D eigenvalue weighted by Gasteiger charge is -2.11. The predicted octanol–water partition coefficient (Wildman–Crippen LogP) is 4.44. The number of para-hydroxylation sites is 2. The summed E-state index contributed by atoms with van der Waals surface area (Å²) < 4.78 is 2.22. The fraction of sp³-hybridized carbons (Fsp3) is 0.333. The van der Waals surface area contributed by atoms with Crippen molar-refractivity contribution in [3.05, 3.63) is 64.9 Å². The first-order chi connectivity index (χ1) is 12.6. The number of fused-ring (bicyclic) bond motifs is 1. The minimum Gasteiger partial charge on any atom is -0.356 e. The SMILES string of the molecule is CC(C)C(=O)NCCCc1nc2ccccc2n1Cc1ccccc1Cl. The Morgan fingerprint density at radius 3 is 2.65 bits per heavy atom. The minimum absolute atomic E-state index is 0.0137. The third kappa shape index (κ3) is 4.25. The molecule has 0 spiro atoms. The molecule has 0 fully saturated rings. The lowest BCUT2D eigenvalue weighted by molar-refractivity contribution is -0.123. The number of hydrogen-bond donors (Lipinski definition) is 1. The van der Waals surface area contributed by atoms with Crippen molar-refractivity contribution in [2.24, 2.45) is 5.92 Å². The molecule has 26 heavy (non-hydrogen) atoms. The zero-order chi connectivity index (χ0) is 18.5. The standard InChI is InChI=1S/C21H24ClN3O/c1-15(2)21(26)23-13-7-12-20-24-18-10-5-6-11-19(18)25(20)14-16-8-3-4-9-17(16)22/h3-6,8-11,15H,7,12-14H2,1-2H3,(H,23,26). The van der Waals surface area contributed by atoms with Crippen LogP contribution in [0.15, 0.2) is 48.5 Å². The molecular weight excluding hydrogens is 346 g/mol. The number of carbonyl (C=O) groups is 1. The van der Waals surface area contributed by atoms with Crippen molar-refractivity contribution < 1.29 is 4.79 Å². The van der Waals surface area contributed by atoms with Crippen molar-refractivity contribution >= 4 is 28.5 Å². The van der Waals surface area contributed by atoms with Gasteiger partial charge in [-0.25, -0.2) is 4.98 Å². The van der Waals surface area contributed by atoms with Gasteiger partial charge < -0.3 is 9.88 Å². The van der Waals surface area contributed by atoms with E-state index in [1.54, 1.807) is 0 Å². The number of benzene rings is 2. The molecule has 0 unspecified atom stereocenters. The number of aromatic nitrogens is 2. The molecule has 1 amide bonds. The molecule has 0 aliphatic heterocycles. The number of hydrogen-bond acceptors (Lipinski definition) is 2. The Bertz CT molecular complexity index is 901. The van der Waals surface area contributed by atoms with Crippen LogP contribution in [0.25, 0.3) is 11.0 Å². The Morgan fingerprint density at radius 1 is 1.15 bits per heavy atom. The Hall–Kier alpha value is -2.33. The molecule has 1 aromatic heterocycles. The highest BCUT2D eigenvalue weighted by Gasteiger charge is 2.12. The molecule has 0 bridgehead atoms. The maximum atomic E-state index is 11.7. The van der Waals surface area contributed by atoms with Crippen LogP contribution in [0.3, 0.4) is 0 Å². The smallest absolute Gasteiger partial charge is 0.222 e. The summed E-state index contributed by atoms with van der Waals surface area (Å²) in [5.41, 5.74) is 3.17. The monoisotopic (exact) mass is 369 g/mol. The van der Waals surface area contributed by atoms with Gasteiger partial charge in [0.2, 0.25) is 5.91 Å². The number of halogens is 1. The van der Waals surface area contributed by atoms with Crippen LogP contribution < -0.4 is 5.32 Å². The van der Waals surface area contributed by atoms with Crippen LogP contribution in [0.4, 0.5) is 0 Å². The molecule has 4 nitrogen and oxygen atoms in total. The molecular formula is C21H24ClN3O. The van der Waals surface area contributed by atoms with E-state index in [-0.39, 0.29) is 11.8 Å². The molecule has 1 heterocycles. The summed E-state index contributed by atoms with van der Waals surface area (Å²) in [5, 5.41) is 3.73. The maximum Gasteiger partial charge on any atom is 0.222 e. The topological polar surface area (TPSA) is 46.9 Å². The summed E-state index contributed by atoms with van der Waals surface area (Å²) in [6.07, 6.45) is 1.65. The van der Waals surface area contributed by atoms with Gasteiger partial charge >= 0.3 is 0 Å². The van der Waals surface area contributed by atoms with Gasteiger partial charge in [0.15, 0.2) is 0 Å². The van der Waals surface area contributed by atoms with Crippen LogP contribution in [0, 0.1) is 5.92 Å². The summed E-state index contributed by atoms with van der Waals surface area (Å²) in [6.45, 7) is 5.15. The normalized spacial score (nSPS) is 11.2. The number of carbonyl (C=O) groups excluding carboxylic acids is 1. The molecule has 5 heteroatoms. The van der Waals surface area contributed by atoms with Crippen LogP contribution in [-0.4, -0.2) is 22.0 Å². The molecule has 0 saturated carbocycles. The van der Waals surface area contributed by atoms with E-state index in [2.05, 4.69) is 16.0 Å². The van der Waals surface area contributed by atoms with Crippen molar-refractivity contribution in [3.63, 3.8) is 0 Å². The molecule has 0 radical (unpaired) electrons. The quantitative estimate of drug-likeness (QED) is 0.626. The zero-order valence-electron chi connectivity index (χ0n) is 15.2. The first kappa shape index (κ1) is 18.5. The van der Waals surface area contributed by atoms with Crippen LogP contribution in [0.2, 0.25) is 5.02 Å². The van der Waals surface area contributed by atoms with E-state index < -0.39 is 0 Å². The molecule has 2 aromatic carbocycles. The highest BCUT2D eigenvalue weighted by Crippen LogP contribution is 2.22. The Kier molecular flexibility index (Phi) is 5.94. The third-order valence-electron chi connectivity index (χ3n) is 4.42. The lowest BCUT2D eigenvalue weighted by atomic mass is 10.2. The molecule has 0 saturated heterocycles. The number of nitrogens with zero attached hydrogens (tertiary/aromatic N) is 2. The highest BCUT2D eigenvalue weighted by atomic mass is 35.5. The Balaban J connectivity index is 1.79. The third-order valence-corrected chi connectivity index (χ3v) is 4.79. The first-order valence-corrected chi connectivity index (χ1v) is 9.39. The molecule has 136 valence electrons. The van der Waals surface area contributed by atoms with Crippen LogP contribution in [-0.2, 0) is 17.8 Å². The highest BCUT2D eigenvalue weighted by molar-refractivity contribution is 6.31. The second kappa shape index (κ2) is 8.37. The van der Waals surface area contributed by atoms with Gasteiger partial charge in [-0.1, -0.05) is 55.8 Å². The Labute approximate surface area is 159 Å².